The van der Waals surface area contributed by atoms with E-state index in [-0.39, 0.29) is 11.9 Å². The third-order valence-electron chi connectivity index (χ3n) is 1.98. The summed E-state index contributed by atoms with van der Waals surface area (Å²) in [5, 5.41) is 2.82. The highest BCUT2D eigenvalue weighted by molar-refractivity contribution is 7.87. The van der Waals surface area contributed by atoms with Gasteiger partial charge in [-0.05, 0) is 32.9 Å². The summed E-state index contributed by atoms with van der Waals surface area (Å²) in [5.74, 6) is 0. The SMILES string of the molecule is CCOS(=O)(=O)C1CCNCC1. The van der Waals surface area contributed by atoms with Crippen molar-refractivity contribution in [2.24, 2.45) is 0 Å². The Morgan fingerprint density at radius 2 is 2.00 bits per heavy atom. The van der Waals surface area contributed by atoms with Crippen LogP contribution in [0.25, 0.3) is 0 Å². The molecular weight excluding hydrogens is 178 g/mol. The number of hydrogen-bond donors (Lipinski definition) is 1. The van der Waals surface area contributed by atoms with Crippen molar-refractivity contribution in [2.75, 3.05) is 19.7 Å². The molecule has 0 saturated carbocycles. The van der Waals surface area contributed by atoms with E-state index in [1.165, 1.54) is 0 Å². The molecule has 1 saturated heterocycles. The summed E-state index contributed by atoms with van der Waals surface area (Å²) in [7, 11) is -3.27. The van der Waals surface area contributed by atoms with Crippen molar-refractivity contribution >= 4 is 10.1 Å². The molecule has 1 aliphatic heterocycles. The molecule has 1 N–H and O–H groups in total. The molecule has 0 unspecified atom stereocenters. The van der Waals surface area contributed by atoms with E-state index < -0.39 is 10.1 Å². The third-order valence-corrected chi connectivity index (χ3v) is 3.83. The van der Waals surface area contributed by atoms with E-state index in [4.69, 9.17) is 4.18 Å². The minimum atomic E-state index is -3.27. The molecule has 4 nitrogen and oxygen atoms in total. The van der Waals surface area contributed by atoms with E-state index in [1.54, 1.807) is 6.92 Å². The Morgan fingerprint density at radius 3 is 2.50 bits per heavy atom. The molecule has 5 heteroatoms. The smallest absolute Gasteiger partial charge is 0.270 e. The lowest BCUT2D eigenvalue weighted by atomic mass is 10.2. The average Bonchev–Trinajstić information content (AvgIpc) is 2.06. The number of hydrogen-bond acceptors (Lipinski definition) is 4. The van der Waals surface area contributed by atoms with Crippen LogP contribution in [0.2, 0.25) is 0 Å². The van der Waals surface area contributed by atoms with Gasteiger partial charge in [0.2, 0.25) is 0 Å². The van der Waals surface area contributed by atoms with Crippen molar-refractivity contribution in [3.63, 3.8) is 0 Å². The molecule has 0 radical (unpaired) electrons. The van der Waals surface area contributed by atoms with E-state index in [0.29, 0.717) is 12.8 Å². The summed E-state index contributed by atoms with van der Waals surface area (Å²) < 4.78 is 27.4. The van der Waals surface area contributed by atoms with Crippen molar-refractivity contribution in [1.82, 2.24) is 5.32 Å². The maximum atomic E-state index is 11.3. The molecule has 1 rings (SSSR count). The van der Waals surface area contributed by atoms with Crippen molar-refractivity contribution in [3.8, 4) is 0 Å². The fourth-order valence-electron chi connectivity index (χ4n) is 1.34. The summed E-state index contributed by atoms with van der Waals surface area (Å²) in [6.45, 7) is 3.48. The molecule has 0 atom stereocenters. The van der Waals surface area contributed by atoms with E-state index in [0.717, 1.165) is 13.1 Å². The highest BCUT2D eigenvalue weighted by Crippen LogP contribution is 2.14. The zero-order chi connectivity index (χ0) is 9.03. The molecule has 12 heavy (non-hydrogen) atoms. The van der Waals surface area contributed by atoms with Crippen LogP contribution in [0.4, 0.5) is 0 Å². The summed E-state index contributed by atoms with van der Waals surface area (Å²) in [5.41, 5.74) is 0. The summed E-state index contributed by atoms with van der Waals surface area (Å²) >= 11 is 0. The number of rotatable bonds is 3. The molecule has 0 aliphatic carbocycles. The van der Waals surface area contributed by atoms with Crippen LogP contribution < -0.4 is 5.32 Å². The van der Waals surface area contributed by atoms with E-state index >= 15 is 0 Å². The summed E-state index contributed by atoms with van der Waals surface area (Å²) in [4.78, 5) is 0. The van der Waals surface area contributed by atoms with Crippen LogP contribution in [0.3, 0.4) is 0 Å². The Hall–Kier alpha value is -0.130. The first-order valence-corrected chi connectivity index (χ1v) is 5.73. The highest BCUT2D eigenvalue weighted by atomic mass is 32.2. The minimum Gasteiger partial charge on any atom is -0.317 e. The van der Waals surface area contributed by atoms with E-state index in [2.05, 4.69) is 5.32 Å². The fourth-order valence-corrected chi connectivity index (χ4v) is 2.68. The molecule has 72 valence electrons. The van der Waals surface area contributed by atoms with Gasteiger partial charge in [0, 0.05) is 0 Å². The second-order valence-electron chi connectivity index (χ2n) is 2.85. The second kappa shape index (κ2) is 4.20. The second-order valence-corrected chi connectivity index (χ2v) is 4.74. The Morgan fingerprint density at radius 1 is 1.42 bits per heavy atom. The largest absolute Gasteiger partial charge is 0.317 e. The molecule has 0 bridgehead atoms. The monoisotopic (exact) mass is 193 g/mol. The van der Waals surface area contributed by atoms with Crippen LogP contribution in [0.15, 0.2) is 0 Å². The van der Waals surface area contributed by atoms with Gasteiger partial charge in [0.25, 0.3) is 10.1 Å². The zero-order valence-corrected chi connectivity index (χ0v) is 8.06. The molecule has 0 aromatic carbocycles. The van der Waals surface area contributed by atoms with Gasteiger partial charge in [0.15, 0.2) is 0 Å². The topological polar surface area (TPSA) is 55.4 Å². The van der Waals surface area contributed by atoms with Gasteiger partial charge >= 0.3 is 0 Å². The summed E-state index contributed by atoms with van der Waals surface area (Å²) in [6.07, 6.45) is 1.34. The maximum absolute atomic E-state index is 11.3. The molecule has 0 aromatic heterocycles. The molecular formula is C7H15NO3S. The van der Waals surface area contributed by atoms with Crippen molar-refractivity contribution in [1.29, 1.82) is 0 Å². The Balaban J connectivity index is 2.54. The van der Waals surface area contributed by atoms with Gasteiger partial charge in [-0.1, -0.05) is 0 Å². The van der Waals surface area contributed by atoms with Gasteiger partial charge in [-0.2, -0.15) is 8.42 Å². The Bertz CT molecular complexity index is 219. The maximum Gasteiger partial charge on any atom is 0.270 e. The van der Waals surface area contributed by atoms with Crippen molar-refractivity contribution < 1.29 is 12.6 Å². The lowest BCUT2D eigenvalue weighted by Gasteiger charge is -2.21. The lowest BCUT2D eigenvalue weighted by molar-refractivity contribution is 0.322. The highest BCUT2D eigenvalue weighted by Gasteiger charge is 2.27. The first-order chi connectivity index (χ1) is 5.67. The zero-order valence-electron chi connectivity index (χ0n) is 7.25. The van der Waals surface area contributed by atoms with Gasteiger partial charge in [-0.25, -0.2) is 0 Å². The van der Waals surface area contributed by atoms with Gasteiger partial charge in [0.1, 0.15) is 0 Å². The van der Waals surface area contributed by atoms with Gasteiger partial charge < -0.3 is 5.32 Å². The Labute approximate surface area is 73.4 Å². The molecule has 0 amide bonds. The van der Waals surface area contributed by atoms with Crippen LogP contribution in [-0.2, 0) is 14.3 Å². The van der Waals surface area contributed by atoms with Crippen molar-refractivity contribution in [2.45, 2.75) is 25.0 Å². The van der Waals surface area contributed by atoms with Crippen LogP contribution in [0.5, 0.6) is 0 Å². The predicted molar refractivity (Wildman–Crippen MR) is 46.4 cm³/mol. The standard InChI is InChI=1S/C7H15NO3S/c1-2-11-12(9,10)7-3-5-8-6-4-7/h7-8H,2-6H2,1H3. The van der Waals surface area contributed by atoms with E-state index in [9.17, 15) is 8.42 Å². The van der Waals surface area contributed by atoms with E-state index in [1.807, 2.05) is 0 Å². The van der Waals surface area contributed by atoms with Gasteiger partial charge in [-0.15, -0.1) is 0 Å². The number of nitrogens with one attached hydrogen (secondary N) is 1. The fraction of sp³-hybridized carbons (Fsp3) is 1.00. The van der Waals surface area contributed by atoms with Gasteiger partial charge in [-0.3, -0.25) is 4.18 Å². The summed E-state index contributed by atoms with van der Waals surface area (Å²) in [6, 6.07) is 0. The molecule has 1 heterocycles. The van der Waals surface area contributed by atoms with Crippen LogP contribution >= 0.6 is 0 Å². The quantitative estimate of drug-likeness (QED) is 0.646. The van der Waals surface area contributed by atoms with Crippen LogP contribution in [0.1, 0.15) is 19.8 Å². The average molecular weight is 193 g/mol. The van der Waals surface area contributed by atoms with Gasteiger partial charge in [0.05, 0.1) is 11.9 Å². The molecule has 0 aromatic rings. The predicted octanol–water partition coefficient (Wildman–Crippen LogP) is 0.105. The third kappa shape index (κ3) is 2.43. The minimum absolute atomic E-state index is 0.242. The molecule has 0 spiro atoms. The van der Waals surface area contributed by atoms with Crippen LogP contribution in [-0.4, -0.2) is 33.4 Å². The van der Waals surface area contributed by atoms with Crippen LogP contribution in [0, 0.1) is 0 Å². The molecule has 1 fully saturated rings. The normalized spacial score (nSPS) is 21.1. The number of piperidine rings is 1. The molecule has 1 aliphatic rings. The first kappa shape index (κ1) is 9.95. The first-order valence-electron chi connectivity index (χ1n) is 4.26. The Kier molecular flexibility index (Phi) is 3.49. The lowest BCUT2D eigenvalue weighted by Crippen LogP contribution is -2.36. The van der Waals surface area contributed by atoms with Crippen molar-refractivity contribution in [3.05, 3.63) is 0 Å².